The summed E-state index contributed by atoms with van der Waals surface area (Å²) >= 11 is 2.23. The SMILES string of the molecule is NC(N)=NC[C@H](Cc1ccc(I)cc1)C[C@H](N)C(=O)O. The Morgan fingerprint density at radius 3 is 2.40 bits per heavy atom. The van der Waals surface area contributed by atoms with E-state index in [1.165, 1.54) is 0 Å². The van der Waals surface area contributed by atoms with Crippen LogP contribution in [0.25, 0.3) is 0 Å². The zero-order valence-electron chi connectivity index (χ0n) is 11.0. The van der Waals surface area contributed by atoms with Gasteiger partial charge in [0.25, 0.3) is 0 Å². The lowest BCUT2D eigenvalue weighted by molar-refractivity contribution is -0.138. The smallest absolute Gasteiger partial charge is 0.320 e. The van der Waals surface area contributed by atoms with Gasteiger partial charge in [-0.2, -0.15) is 0 Å². The number of benzene rings is 1. The summed E-state index contributed by atoms with van der Waals surface area (Å²) in [6, 6.07) is 7.13. The van der Waals surface area contributed by atoms with Gasteiger partial charge in [-0.3, -0.25) is 9.79 Å². The van der Waals surface area contributed by atoms with Crippen LogP contribution >= 0.6 is 22.6 Å². The second-order valence-corrected chi connectivity index (χ2v) is 5.89. The van der Waals surface area contributed by atoms with E-state index in [0.717, 1.165) is 9.13 Å². The number of carbonyl (C=O) groups is 1. The van der Waals surface area contributed by atoms with Crippen LogP contribution in [0.5, 0.6) is 0 Å². The van der Waals surface area contributed by atoms with Crippen molar-refractivity contribution in [3.63, 3.8) is 0 Å². The van der Waals surface area contributed by atoms with E-state index in [2.05, 4.69) is 27.6 Å². The van der Waals surface area contributed by atoms with Crippen molar-refractivity contribution >= 4 is 34.5 Å². The van der Waals surface area contributed by atoms with Crippen molar-refractivity contribution in [2.45, 2.75) is 18.9 Å². The molecule has 20 heavy (non-hydrogen) atoms. The molecule has 0 saturated heterocycles. The van der Waals surface area contributed by atoms with Gasteiger partial charge in [-0.15, -0.1) is 0 Å². The lowest BCUT2D eigenvalue weighted by Gasteiger charge is -2.17. The molecule has 1 aromatic carbocycles. The van der Waals surface area contributed by atoms with Crippen molar-refractivity contribution in [3.05, 3.63) is 33.4 Å². The van der Waals surface area contributed by atoms with E-state index < -0.39 is 12.0 Å². The van der Waals surface area contributed by atoms with Crippen LogP contribution in [-0.2, 0) is 11.2 Å². The molecule has 1 rings (SSSR count). The second-order valence-electron chi connectivity index (χ2n) is 4.64. The van der Waals surface area contributed by atoms with Crippen LogP contribution in [0, 0.1) is 9.49 Å². The minimum absolute atomic E-state index is 0.00139. The number of rotatable bonds is 7. The summed E-state index contributed by atoms with van der Waals surface area (Å²) in [6.07, 6.45) is 1.02. The number of nitrogens with two attached hydrogens (primary N) is 3. The molecule has 0 saturated carbocycles. The fourth-order valence-corrected chi connectivity index (χ4v) is 2.23. The molecule has 1 aromatic rings. The Morgan fingerprint density at radius 2 is 1.90 bits per heavy atom. The number of guanidine groups is 1. The fraction of sp³-hybridized carbons (Fsp3) is 0.385. The Kier molecular flexibility index (Phi) is 6.73. The number of carboxylic acids is 1. The Labute approximate surface area is 131 Å². The van der Waals surface area contributed by atoms with Crippen molar-refractivity contribution < 1.29 is 9.90 Å². The maximum absolute atomic E-state index is 10.9. The predicted molar refractivity (Wildman–Crippen MR) is 87.3 cm³/mol. The largest absolute Gasteiger partial charge is 0.480 e. The predicted octanol–water partition coefficient (Wildman–Crippen LogP) is 0.525. The first-order valence-corrected chi connectivity index (χ1v) is 7.24. The van der Waals surface area contributed by atoms with E-state index in [1.54, 1.807) is 0 Å². The van der Waals surface area contributed by atoms with Crippen LogP contribution in [0.3, 0.4) is 0 Å². The van der Waals surface area contributed by atoms with E-state index >= 15 is 0 Å². The number of aliphatic imine (C=N–C) groups is 1. The number of hydrogen-bond donors (Lipinski definition) is 4. The lowest BCUT2D eigenvalue weighted by Crippen LogP contribution is -2.34. The molecule has 6 nitrogen and oxygen atoms in total. The maximum Gasteiger partial charge on any atom is 0.320 e. The summed E-state index contributed by atoms with van der Waals surface area (Å²) in [4.78, 5) is 14.8. The van der Waals surface area contributed by atoms with Gasteiger partial charge in [-0.25, -0.2) is 0 Å². The van der Waals surface area contributed by atoms with Crippen LogP contribution in [-0.4, -0.2) is 29.6 Å². The molecule has 0 amide bonds. The highest BCUT2D eigenvalue weighted by Crippen LogP contribution is 2.16. The molecular formula is C13H19IN4O2. The summed E-state index contributed by atoms with van der Waals surface area (Å²) in [5.74, 6) is -1.02. The van der Waals surface area contributed by atoms with Gasteiger partial charge in [0.1, 0.15) is 6.04 Å². The first-order chi connectivity index (χ1) is 9.38. The Balaban J connectivity index is 2.73. The monoisotopic (exact) mass is 390 g/mol. The lowest BCUT2D eigenvalue weighted by atomic mass is 9.93. The van der Waals surface area contributed by atoms with Crippen molar-refractivity contribution in [2.24, 2.45) is 28.1 Å². The highest BCUT2D eigenvalue weighted by atomic mass is 127. The zero-order valence-corrected chi connectivity index (χ0v) is 13.2. The number of carboxylic acid groups (broad SMARTS) is 1. The number of nitrogens with zero attached hydrogens (tertiary/aromatic N) is 1. The minimum atomic E-state index is -1.01. The standard InChI is InChI=1S/C13H19IN4O2/c14-10-3-1-8(2-4-10)5-9(7-18-13(16)17)6-11(15)12(19)20/h1-4,9,11H,5-7,15H2,(H,19,20)(H4,16,17,18)/t9-,11+/m1/s1. The molecule has 0 radical (unpaired) electrons. The molecule has 0 bridgehead atoms. The topological polar surface area (TPSA) is 128 Å². The van der Waals surface area contributed by atoms with Crippen LogP contribution in [0.2, 0.25) is 0 Å². The average molecular weight is 390 g/mol. The minimum Gasteiger partial charge on any atom is -0.480 e. The summed E-state index contributed by atoms with van der Waals surface area (Å²) in [7, 11) is 0. The fourth-order valence-electron chi connectivity index (χ4n) is 1.87. The first-order valence-electron chi connectivity index (χ1n) is 6.16. The van der Waals surface area contributed by atoms with Gasteiger partial charge in [0.2, 0.25) is 0 Å². The molecule has 0 fully saturated rings. The quantitative estimate of drug-likeness (QED) is 0.307. The van der Waals surface area contributed by atoms with Crippen molar-refractivity contribution in [2.75, 3.05) is 6.54 Å². The third-order valence-electron chi connectivity index (χ3n) is 2.87. The molecule has 7 heteroatoms. The number of aliphatic carboxylic acids is 1. The summed E-state index contributed by atoms with van der Waals surface area (Å²) in [5, 5.41) is 8.90. The molecule has 110 valence electrons. The van der Waals surface area contributed by atoms with E-state index in [0.29, 0.717) is 19.4 Å². The summed E-state index contributed by atoms with van der Waals surface area (Å²) < 4.78 is 1.15. The molecule has 2 atom stereocenters. The van der Waals surface area contributed by atoms with Gasteiger partial charge in [0.15, 0.2) is 5.96 Å². The van der Waals surface area contributed by atoms with Gasteiger partial charge in [0, 0.05) is 10.1 Å². The van der Waals surface area contributed by atoms with E-state index in [9.17, 15) is 4.79 Å². The van der Waals surface area contributed by atoms with Crippen LogP contribution in [0.15, 0.2) is 29.3 Å². The zero-order chi connectivity index (χ0) is 15.1. The first kappa shape index (κ1) is 16.7. The van der Waals surface area contributed by atoms with Crippen LogP contribution in [0.1, 0.15) is 12.0 Å². The number of hydrogen-bond acceptors (Lipinski definition) is 3. The maximum atomic E-state index is 10.9. The molecule has 0 aliphatic rings. The van der Waals surface area contributed by atoms with E-state index in [4.69, 9.17) is 22.3 Å². The third-order valence-corrected chi connectivity index (χ3v) is 3.59. The van der Waals surface area contributed by atoms with Gasteiger partial charge < -0.3 is 22.3 Å². The van der Waals surface area contributed by atoms with Crippen molar-refractivity contribution in [3.8, 4) is 0 Å². The van der Waals surface area contributed by atoms with Gasteiger partial charge in [-0.05, 0) is 59.0 Å². The molecule has 7 N–H and O–H groups in total. The Morgan fingerprint density at radius 1 is 1.30 bits per heavy atom. The Hall–Kier alpha value is -1.35. The third kappa shape index (κ3) is 6.20. The second kappa shape index (κ2) is 8.05. The van der Waals surface area contributed by atoms with Gasteiger partial charge in [0.05, 0.1) is 0 Å². The van der Waals surface area contributed by atoms with Gasteiger partial charge >= 0.3 is 5.97 Å². The highest BCUT2D eigenvalue weighted by Gasteiger charge is 2.19. The van der Waals surface area contributed by atoms with Crippen molar-refractivity contribution in [1.29, 1.82) is 0 Å². The van der Waals surface area contributed by atoms with Crippen molar-refractivity contribution in [1.82, 2.24) is 0 Å². The molecule has 0 aliphatic heterocycles. The highest BCUT2D eigenvalue weighted by molar-refractivity contribution is 14.1. The molecule has 0 aromatic heterocycles. The molecule has 0 aliphatic carbocycles. The molecular weight excluding hydrogens is 371 g/mol. The average Bonchev–Trinajstić information content (AvgIpc) is 2.38. The van der Waals surface area contributed by atoms with Crippen LogP contribution < -0.4 is 17.2 Å². The summed E-state index contributed by atoms with van der Waals surface area (Å²) in [5.41, 5.74) is 17.3. The molecule has 0 unspecified atom stereocenters. The normalized spacial score (nSPS) is 13.5. The molecule has 0 heterocycles. The Bertz CT molecular complexity index is 472. The van der Waals surface area contributed by atoms with E-state index in [-0.39, 0.29) is 11.9 Å². The van der Waals surface area contributed by atoms with E-state index in [1.807, 2.05) is 24.3 Å². The van der Waals surface area contributed by atoms with Gasteiger partial charge in [-0.1, -0.05) is 12.1 Å². The summed E-state index contributed by atoms with van der Waals surface area (Å²) in [6.45, 7) is 0.370. The van der Waals surface area contributed by atoms with Crippen LogP contribution in [0.4, 0.5) is 0 Å². The number of halogens is 1. The molecule has 0 spiro atoms.